The zero-order valence-corrected chi connectivity index (χ0v) is 37.4. The maximum atomic E-state index is 13.6. The minimum Gasteiger partial charge on any atom is -0.398 e. The molecule has 5 aromatic rings. The molecule has 2 amide bonds. The fraction of sp³-hybridized carbons (Fsp3) is 0.407. The first-order valence-corrected chi connectivity index (χ1v) is 22.3. The van der Waals surface area contributed by atoms with Crippen molar-refractivity contribution in [1.82, 2.24) is 0 Å². The number of rotatable bonds is 10. The normalized spacial score (nSPS) is 16.0. The van der Waals surface area contributed by atoms with Crippen LogP contribution in [0.2, 0.25) is 0 Å². The summed E-state index contributed by atoms with van der Waals surface area (Å²) in [4.78, 5) is 27.2. The third-order valence-electron chi connectivity index (χ3n) is 14.1. The van der Waals surface area contributed by atoms with Crippen LogP contribution in [-0.4, -0.2) is 11.8 Å². The van der Waals surface area contributed by atoms with E-state index in [1.54, 1.807) is 0 Å². The van der Waals surface area contributed by atoms with Gasteiger partial charge in [-0.15, -0.1) is 0 Å². The SMILES string of the molecule is Cc1cc(C2(c3cc(C)c(NC(=O)Cc4cccc(CC(=O)Nc5c(C)cc(C6(c7cc(C)c(N)c(C)c7)CCCCC6)cc5C)c4)c(C)c3)CCCCC2)cc(C)c1N. The Bertz CT molecular complexity index is 2190. The standard InChI is InChI=1S/C54H66N4O2/c1-33-22-43(23-34(2)49(33)55)53(18-11-9-12-19-53)45-26-37(5)51(38(6)27-45)57-47(59)31-41-16-15-17-42(30-41)32-48(60)58-52-39(7)28-46(29-40(52)8)54(20-13-10-14-21-54)44-24-35(3)50(56)36(4)25-44/h15-17,22-30H,9-14,18-21,31-32,55-56H2,1-8H3,(H,57,59)(H,58,60). The Morgan fingerprint density at radius 2 is 0.733 bits per heavy atom. The van der Waals surface area contributed by atoms with Crippen molar-refractivity contribution in [3.05, 3.63) is 151 Å². The van der Waals surface area contributed by atoms with Crippen molar-refractivity contribution in [1.29, 1.82) is 0 Å². The van der Waals surface area contributed by atoms with Gasteiger partial charge in [-0.25, -0.2) is 0 Å². The molecule has 0 bridgehead atoms. The molecular formula is C54H66N4O2. The van der Waals surface area contributed by atoms with Crippen LogP contribution in [0.5, 0.6) is 0 Å². The van der Waals surface area contributed by atoms with E-state index in [-0.39, 0.29) is 35.5 Å². The monoisotopic (exact) mass is 803 g/mol. The van der Waals surface area contributed by atoms with Gasteiger partial charge < -0.3 is 22.1 Å². The first-order chi connectivity index (χ1) is 28.6. The van der Waals surface area contributed by atoms with Crippen molar-refractivity contribution in [3.8, 4) is 0 Å². The van der Waals surface area contributed by atoms with E-state index in [1.807, 2.05) is 24.3 Å². The molecule has 314 valence electrons. The van der Waals surface area contributed by atoms with Crippen LogP contribution in [0, 0.1) is 55.4 Å². The second-order valence-electron chi connectivity index (χ2n) is 18.6. The van der Waals surface area contributed by atoms with Crippen LogP contribution in [0.3, 0.4) is 0 Å². The van der Waals surface area contributed by atoms with Gasteiger partial charge in [0.25, 0.3) is 0 Å². The van der Waals surface area contributed by atoms with E-state index in [0.717, 1.165) is 104 Å². The van der Waals surface area contributed by atoms with Gasteiger partial charge >= 0.3 is 0 Å². The zero-order valence-electron chi connectivity index (χ0n) is 37.4. The lowest BCUT2D eigenvalue weighted by Gasteiger charge is -2.40. The fourth-order valence-corrected chi connectivity index (χ4v) is 10.8. The highest BCUT2D eigenvalue weighted by Crippen LogP contribution is 2.49. The summed E-state index contributed by atoms with van der Waals surface area (Å²) in [6, 6.07) is 26.2. The molecule has 60 heavy (non-hydrogen) atoms. The first-order valence-electron chi connectivity index (χ1n) is 22.3. The molecule has 2 saturated carbocycles. The average Bonchev–Trinajstić information content (AvgIpc) is 3.21. The van der Waals surface area contributed by atoms with Crippen LogP contribution in [0.4, 0.5) is 22.7 Å². The largest absolute Gasteiger partial charge is 0.398 e. The molecule has 0 radical (unpaired) electrons. The molecule has 0 heterocycles. The van der Waals surface area contributed by atoms with Gasteiger partial charge in [-0.05, 0) is 159 Å². The summed E-state index contributed by atoms with van der Waals surface area (Å²) in [5.74, 6) is -0.141. The number of carbonyl (C=O) groups excluding carboxylic acids is 2. The summed E-state index contributed by atoms with van der Waals surface area (Å²) in [5, 5.41) is 6.50. The summed E-state index contributed by atoms with van der Waals surface area (Å²) < 4.78 is 0. The van der Waals surface area contributed by atoms with Crippen molar-refractivity contribution in [3.63, 3.8) is 0 Å². The van der Waals surface area contributed by atoms with Gasteiger partial charge in [0, 0.05) is 33.6 Å². The van der Waals surface area contributed by atoms with E-state index in [4.69, 9.17) is 11.5 Å². The van der Waals surface area contributed by atoms with E-state index in [0.29, 0.717) is 0 Å². The first kappa shape index (κ1) is 42.8. The highest BCUT2D eigenvalue weighted by molar-refractivity contribution is 5.95. The molecular weight excluding hydrogens is 737 g/mol. The molecule has 0 aromatic heterocycles. The van der Waals surface area contributed by atoms with E-state index in [1.165, 1.54) is 60.8 Å². The fourth-order valence-electron chi connectivity index (χ4n) is 10.8. The Kier molecular flexibility index (Phi) is 12.3. The molecule has 7 rings (SSSR count). The van der Waals surface area contributed by atoms with E-state index >= 15 is 0 Å². The van der Waals surface area contributed by atoms with E-state index in [9.17, 15) is 9.59 Å². The topological polar surface area (TPSA) is 110 Å². The van der Waals surface area contributed by atoms with Crippen LogP contribution in [0.1, 0.15) is 142 Å². The quantitative estimate of drug-likeness (QED) is 0.105. The molecule has 6 heteroatoms. The summed E-state index contributed by atoms with van der Waals surface area (Å²) in [6.45, 7) is 16.9. The molecule has 5 aromatic carbocycles. The second-order valence-corrected chi connectivity index (χ2v) is 18.6. The predicted molar refractivity (Wildman–Crippen MR) is 251 cm³/mol. The maximum Gasteiger partial charge on any atom is 0.228 e. The molecule has 0 aliphatic heterocycles. The van der Waals surface area contributed by atoms with Crippen molar-refractivity contribution in [2.24, 2.45) is 0 Å². The minimum absolute atomic E-state index is 0.0679. The number of aryl methyl sites for hydroxylation is 8. The summed E-state index contributed by atoms with van der Waals surface area (Å²) in [5.41, 5.74) is 32.1. The molecule has 6 nitrogen and oxygen atoms in total. The van der Waals surface area contributed by atoms with Crippen molar-refractivity contribution < 1.29 is 9.59 Å². The highest BCUT2D eigenvalue weighted by atomic mass is 16.2. The summed E-state index contributed by atoms with van der Waals surface area (Å²) >= 11 is 0. The van der Waals surface area contributed by atoms with Gasteiger partial charge in [0.05, 0.1) is 12.8 Å². The van der Waals surface area contributed by atoms with Crippen LogP contribution >= 0.6 is 0 Å². The molecule has 2 aliphatic carbocycles. The molecule has 2 aliphatic rings. The third kappa shape index (κ3) is 8.48. The van der Waals surface area contributed by atoms with Crippen LogP contribution < -0.4 is 22.1 Å². The van der Waals surface area contributed by atoms with Crippen LogP contribution in [-0.2, 0) is 33.3 Å². The molecule has 0 saturated heterocycles. The number of hydrogen-bond acceptors (Lipinski definition) is 4. The highest BCUT2D eigenvalue weighted by Gasteiger charge is 2.38. The predicted octanol–water partition coefficient (Wildman–Crippen LogP) is 12.2. The van der Waals surface area contributed by atoms with Crippen molar-refractivity contribution >= 4 is 34.6 Å². The van der Waals surface area contributed by atoms with Gasteiger partial charge in [0.15, 0.2) is 0 Å². The second kappa shape index (κ2) is 17.3. The summed E-state index contributed by atoms with van der Waals surface area (Å²) in [6.07, 6.45) is 12.1. The molecule has 0 spiro atoms. The molecule has 6 N–H and O–H groups in total. The number of amides is 2. The number of benzene rings is 5. The van der Waals surface area contributed by atoms with Gasteiger partial charge in [0.1, 0.15) is 0 Å². The minimum atomic E-state index is -0.0703. The average molecular weight is 803 g/mol. The van der Waals surface area contributed by atoms with Gasteiger partial charge in [-0.3, -0.25) is 9.59 Å². The Morgan fingerprint density at radius 1 is 0.450 bits per heavy atom. The van der Waals surface area contributed by atoms with Gasteiger partial charge in [0.2, 0.25) is 11.8 Å². The molecule has 2 fully saturated rings. The number of nitrogens with two attached hydrogens (primary N) is 2. The Labute approximate surface area is 359 Å². The Hall–Kier alpha value is -5.36. The summed E-state index contributed by atoms with van der Waals surface area (Å²) in [7, 11) is 0. The number of nitrogens with one attached hydrogen (secondary N) is 2. The maximum absolute atomic E-state index is 13.6. The van der Waals surface area contributed by atoms with Gasteiger partial charge in [-0.2, -0.15) is 0 Å². The van der Waals surface area contributed by atoms with E-state index < -0.39 is 0 Å². The lowest BCUT2D eigenvalue weighted by atomic mass is 9.64. The number of anilines is 4. The Morgan fingerprint density at radius 3 is 1.03 bits per heavy atom. The number of carbonyl (C=O) groups is 2. The molecule has 0 atom stereocenters. The zero-order chi connectivity index (χ0) is 42.9. The van der Waals surface area contributed by atoms with Crippen molar-refractivity contribution in [2.75, 3.05) is 22.1 Å². The third-order valence-corrected chi connectivity index (χ3v) is 14.1. The van der Waals surface area contributed by atoms with Crippen LogP contribution in [0.15, 0.2) is 72.8 Å². The lowest BCUT2D eigenvalue weighted by Crippen LogP contribution is -2.31. The molecule has 0 unspecified atom stereocenters. The van der Waals surface area contributed by atoms with Gasteiger partial charge in [-0.1, -0.05) is 111 Å². The number of nitrogen functional groups attached to an aromatic ring is 2. The smallest absolute Gasteiger partial charge is 0.228 e. The van der Waals surface area contributed by atoms with Crippen molar-refractivity contribution in [2.45, 2.75) is 143 Å². The Balaban J connectivity index is 1.04. The van der Waals surface area contributed by atoms with Crippen LogP contribution in [0.25, 0.3) is 0 Å². The lowest BCUT2D eigenvalue weighted by molar-refractivity contribution is -0.116. The van der Waals surface area contributed by atoms with E-state index in [2.05, 4.69) is 115 Å². The number of hydrogen-bond donors (Lipinski definition) is 4.